The molecule has 4 heteroatoms. The lowest BCUT2D eigenvalue weighted by Crippen LogP contribution is -2.39. The molecule has 80 valence electrons. The normalized spacial score (nSPS) is 20.9. The molecule has 0 unspecified atom stereocenters. The third-order valence-electron chi connectivity index (χ3n) is 2.37. The van der Waals surface area contributed by atoms with Crippen LogP contribution in [0.1, 0.15) is 11.6 Å². The van der Waals surface area contributed by atoms with E-state index in [1.165, 1.54) is 0 Å². The number of para-hydroxylation sites is 1. The Morgan fingerprint density at radius 2 is 2.27 bits per heavy atom. The van der Waals surface area contributed by atoms with Crippen LogP contribution in [0.25, 0.3) is 0 Å². The van der Waals surface area contributed by atoms with Gasteiger partial charge >= 0.3 is 0 Å². The van der Waals surface area contributed by atoms with Gasteiger partial charge in [0, 0.05) is 5.56 Å². The number of morpholine rings is 1. The van der Waals surface area contributed by atoms with Gasteiger partial charge in [0.15, 0.2) is 0 Å². The molecule has 1 amide bonds. The average Bonchev–Trinajstić information content (AvgIpc) is 2.29. The molecule has 1 aliphatic heterocycles. The summed E-state index contributed by atoms with van der Waals surface area (Å²) in [6, 6.07) is 7.50. The molecule has 1 N–H and O–H groups in total. The zero-order valence-corrected chi connectivity index (χ0v) is 8.53. The van der Waals surface area contributed by atoms with E-state index >= 15 is 0 Å². The molecule has 1 aromatic rings. The fourth-order valence-corrected chi connectivity index (χ4v) is 1.67. The first-order valence-electron chi connectivity index (χ1n) is 4.81. The zero-order chi connectivity index (χ0) is 10.7. The van der Waals surface area contributed by atoms with Crippen LogP contribution in [0.2, 0.25) is 0 Å². The number of hydrogen-bond donors (Lipinski definition) is 1. The van der Waals surface area contributed by atoms with Crippen LogP contribution in [0.5, 0.6) is 5.75 Å². The first-order valence-corrected chi connectivity index (χ1v) is 4.81. The standard InChI is InChI=1S/C11H13NO3/c1-14-10-5-3-2-4-8(10)9-6-15-7-11(13)12-9/h2-5,9H,6-7H2,1H3,(H,12,13)/t9-/m1/s1. The average molecular weight is 207 g/mol. The highest BCUT2D eigenvalue weighted by atomic mass is 16.5. The largest absolute Gasteiger partial charge is 0.496 e. The Labute approximate surface area is 88.2 Å². The number of benzene rings is 1. The van der Waals surface area contributed by atoms with Crippen LogP contribution < -0.4 is 10.1 Å². The van der Waals surface area contributed by atoms with Crippen molar-refractivity contribution in [2.24, 2.45) is 0 Å². The highest BCUT2D eigenvalue weighted by Gasteiger charge is 2.22. The fraction of sp³-hybridized carbons (Fsp3) is 0.364. The quantitative estimate of drug-likeness (QED) is 0.783. The molecule has 1 aliphatic rings. The van der Waals surface area contributed by atoms with Crippen molar-refractivity contribution in [3.63, 3.8) is 0 Å². The lowest BCUT2D eigenvalue weighted by Gasteiger charge is -2.25. The topological polar surface area (TPSA) is 47.6 Å². The predicted molar refractivity (Wildman–Crippen MR) is 54.7 cm³/mol. The highest BCUT2D eigenvalue weighted by molar-refractivity contribution is 5.78. The molecule has 1 atom stereocenters. The number of amides is 1. The Hall–Kier alpha value is -1.55. The molecule has 1 aromatic carbocycles. The molecule has 0 radical (unpaired) electrons. The van der Waals surface area contributed by atoms with Crippen LogP contribution in [-0.2, 0) is 9.53 Å². The number of carbonyl (C=O) groups is 1. The Kier molecular flexibility index (Phi) is 2.87. The monoisotopic (exact) mass is 207 g/mol. The van der Waals surface area contributed by atoms with Gasteiger partial charge < -0.3 is 14.8 Å². The molecular weight excluding hydrogens is 194 g/mol. The summed E-state index contributed by atoms with van der Waals surface area (Å²) in [7, 11) is 1.62. The molecule has 4 nitrogen and oxygen atoms in total. The van der Waals surface area contributed by atoms with Crippen LogP contribution in [-0.4, -0.2) is 26.2 Å². The molecule has 0 aliphatic carbocycles. The van der Waals surface area contributed by atoms with Crippen molar-refractivity contribution in [2.75, 3.05) is 20.3 Å². The van der Waals surface area contributed by atoms with Crippen LogP contribution >= 0.6 is 0 Å². The van der Waals surface area contributed by atoms with E-state index in [0.29, 0.717) is 6.61 Å². The molecular formula is C11H13NO3. The van der Waals surface area contributed by atoms with E-state index in [4.69, 9.17) is 9.47 Å². The predicted octanol–water partition coefficient (Wildman–Crippen LogP) is 0.883. The van der Waals surface area contributed by atoms with E-state index in [1.54, 1.807) is 7.11 Å². The molecule has 2 rings (SSSR count). The first kappa shape index (κ1) is 9.98. The first-order chi connectivity index (χ1) is 7.31. The number of rotatable bonds is 2. The maximum Gasteiger partial charge on any atom is 0.246 e. The molecule has 1 fully saturated rings. The van der Waals surface area contributed by atoms with E-state index in [9.17, 15) is 4.79 Å². The molecule has 0 saturated carbocycles. The van der Waals surface area contributed by atoms with Gasteiger partial charge in [-0.25, -0.2) is 0 Å². The number of carbonyl (C=O) groups excluding carboxylic acids is 1. The maximum absolute atomic E-state index is 11.2. The van der Waals surface area contributed by atoms with Crippen molar-refractivity contribution >= 4 is 5.91 Å². The van der Waals surface area contributed by atoms with E-state index in [0.717, 1.165) is 11.3 Å². The number of methoxy groups -OCH3 is 1. The van der Waals surface area contributed by atoms with Gasteiger partial charge in [-0.05, 0) is 6.07 Å². The van der Waals surface area contributed by atoms with E-state index in [2.05, 4.69) is 5.32 Å². The van der Waals surface area contributed by atoms with Gasteiger partial charge in [-0.1, -0.05) is 18.2 Å². The molecule has 0 spiro atoms. The van der Waals surface area contributed by atoms with Crippen molar-refractivity contribution in [1.82, 2.24) is 5.32 Å². The minimum Gasteiger partial charge on any atom is -0.496 e. The summed E-state index contributed by atoms with van der Waals surface area (Å²) < 4.78 is 10.4. The van der Waals surface area contributed by atoms with Crippen molar-refractivity contribution in [2.45, 2.75) is 6.04 Å². The summed E-state index contributed by atoms with van der Waals surface area (Å²) in [5.41, 5.74) is 0.952. The van der Waals surface area contributed by atoms with Crippen molar-refractivity contribution in [3.8, 4) is 5.75 Å². The minimum atomic E-state index is -0.109. The molecule has 15 heavy (non-hydrogen) atoms. The van der Waals surface area contributed by atoms with Crippen molar-refractivity contribution in [1.29, 1.82) is 0 Å². The van der Waals surface area contributed by atoms with Crippen LogP contribution in [0.15, 0.2) is 24.3 Å². The molecule has 0 bridgehead atoms. The lowest BCUT2D eigenvalue weighted by molar-refractivity contribution is -0.131. The summed E-state index contributed by atoms with van der Waals surface area (Å²) in [6.07, 6.45) is 0. The van der Waals surface area contributed by atoms with Crippen LogP contribution in [0, 0.1) is 0 Å². The Balaban J connectivity index is 2.24. The van der Waals surface area contributed by atoms with Gasteiger partial charge in [-0.15, -0.1) is 0 Å². The lowest BCUT2D eigenvalue weighted by atomic mass is 10.1. The summed E-state index contributed by atoms with van der Waals surface area (Å²) in [4.78, 5) is 11.2. The summed E-state index contributed by atoms with van der Waals surface area (Å²) in [6.45, 7) is 0.637. The van der Waals surface area contributed by atoms with Gasteiger partial charge in [-0.2, -0.15) is 0 Å². The van der Waals surface area contributed by atoms with Gasteiger partial charge in [0.25, 0.3) is 0 Å². The van der Waals surface area contributed by atoms with E-state index < -0.39 is 0 Å². The fourth-order valence-electron chi connectivity index (χ4n) is 1.67. The second-order valence-electron chi connectivity index (χ2n) is 3.38. The second-order valence-corrected chi connectivity index (χ2v) is 3.38. The van der Waals surface area contributed by atoms with Crippen molar-refractivity contribution < 1.29 is 14.3 Å². The SMILES string of the molecule is COc1ccccc1[C@H]1COCC(=O)N1. The van der Waals surface area contributed by atoms with Gasteiger partial charge in [-0.3, -0.25) is 4.79 Å². The molecule has 0 aromatic heterocycles. The number of nitrogens with one attached hydrogen (secondary N) is 1. The minimum absolute atomic E-state index is 0.0860. The highest BCUT2D eigenvalue weighted by Crippen LogP contribution is 2.25. The third kappa shape index (κ3) is 2.10. The third-order valence-corrected chi connectivity index (χ3v) is 2.37. The summed E-state index contributed by atoms with van der Waals surface area (Å²) in [5.74, 6) is 0.686. The molecule has 1 saturated heterocycles. The van der Waals surface area contributed by atoms with Gasteiger partial charge in [0.05, 0.1) is 19.8 Å². The van der Waals surface area contributed by atoms with Crippen LogP contribution in [0.4, 0.5) is 0 Å². The molecule has 1 heterocycles. The smallest absolute Gasteiger partial charge is 0.246 e. The van der Waals surface area contributed by atoms with Gasteiger partial charge in [0.1, 0.15) is 12.4 Å². The Morgan fingerprint density at radius 1 is 1.47 bits per heavy atom. The van der Waals surface area contributed by atoms with E-state index in [1.807, 2.05) is 24.3 Å². The maximum atomic E-state index is 11.2. The number of hydrogen-bond acceptors (Lipinski definition) is 3. The number of ether oxygens (including phenoxy) is 2. The van der Waals surface area contributed by atoms with E-state index in [-0.39, 0.29) is 18.6 Å². The van der Waals surface area contributed by atoms with Gasteiger partial charge in [0.2, 0.25) is 5.91 Å². The summed E-state index contributed by atoms with van der Waals surface area (Å²) >= 11 is 0. The Morgan fingerprint density at radius 3 is 3.00 bits per heavy atom. The van der Waals surface area contributed by atoms with Crippen molar-refractivity contribution in [3.05, 3.63) is 29.8 Å². The van der Waals surface area contributed by atoms with Crippen LogP contribution in [0.3, 0.4) is 0 Å². The zero-order valence-electron chi connectivity index (χ0n) is 8.53. The Bertz CT molecular complexity index is 365. The second kappa shape index (κ2) is 4.31. The summed E-state index contributed by atoms with van der Waals surface area (Å²) in [5, 5.41) is 2.86.